The minimum Gasteiger partial charge on any atom is -0.342 e. The molecule has 6 amide bonds. The molecule has 4 heterocycles. The van der Waals surface area contributed by atoms with E-state index in [2.05, 4.69) is 26.9 Å². The van der Waals surface area contributed by atoms with Crippen molar-refractivity contribution in [3.05, 3.63) is 0 Å². The van der Waals surface area contributed by atoms with E-state index in [1.165, 1.54) is 27.0 Å². The second-order valence-corrected chi connectivity index (χ2v) is 13.5. The lowest BCUT2D eigenvalue weighted by Gasteiger charge is -2.44. The molecular weight excluding hydrogens is 594 g/mol. The molecule has 0 saturated carbocycles. The van der Waals surface area contributed by atoms with Gasteiger partial charge in [-0.25, -0.2) is 16.3 Å². The Labute approximate surface area is 271 Å². The van der Waals surface area contributed by atoms with Crippen molar-refractivity contribution in [2.75, 3.05) is 26.7 Å². The molecule has 0 aromatic carbocycles. The Hall–Kier alpha value is -3.30. The smallest absolute Gasteiger partial charge is 0.261 e. The maximum absolute atomic E-state index is 14.2. The highest BCUT2D eigenvalue weighted by atomic mass is 16.2. The van der Waals surface area contributed by atoms with Crippen molar-refractivity contribution < 1.29 is 28.8 Å². The van der Waals surface area contributed by atoms with E-state index in [9.17, 15) is 28.8 Å². The predicted molar refractivity (Wildman–Crippen MR) is 169 cm³/mol. The molecule has 0 spiro atoms. The molecular formula is C31H53N9O6. The Morgan fingerprint density at radius 1 is 0.674 bits per heavy atom. The number of nitrogens with one attached hydrogen (secondary N) is 5. The fourth-order valence-electron chi connectivity index (χ4n) is 6.62. The standard InChI is InChI=1S/C31H53N9O6/c1-7-19(4)25-31(46)40-24(13-10-16-34-40)30(45)39-23(12-9-15-33-39)29(44)37(6)20(5)28(43)38-22(11-8-14-32-38)27(42)35-21(17-18(2)3)26(41)36-25/h18-25,32-34H,7-17H2,1-6H3,(H,35,42)(H,36,41)/t19-,20-,21-,22-,23-,24-,25+/m0/s1. The number of likely N-dealkylation sites (N-methyl/N-ethyl adjacent to an activating group) is 1. The number of carbonyl (C=O) groups excluding carboxylic acids is 6. The van der Waals surface area contributed by atoms with Gasteiger partial charge in [0.05, 0.1) is 0 Å². The monoisotopic (exact) mass is 647 g/mol. The Balaban J connectivity index is 1.78. The highest BCUT2D eigenvalue weighted by Crippen LogP contribution is 2.23. The van der Waals surface area contributed by atoms with E-state index in [1.807, 2.05) is 27.7 Å². The number of nitrogens with zero attached hydrogens (tertiary/aromatic N) is 4. The zero-order chi connectivity index (χ0) is 33.7. The fraction of sp³-hybridized carbons (Fsp3) is 0.806. The first-order valence-corrected chi connectivity index (χ1v) is 16.9. The number of fused-ring (bicyclic) bond motifs is 3. The Morgan fingerprint density at radius 2 is 1.17 bits per heavy atom. The quantitative estimate of drug-likeness (QED) is 0.267. The van der Waals surface area contributed by atoms with Crippen LogP contribution in [0.15, 0.2) is 0 Å². The van der Waals surface area contributed by atoms with Crippen LogP contribution >= 0.6 is 0 Å². The summed E-state index contributed by atoms with van der Waals surface area (Å²) in [4.78, 5) is 85.3. The fourth-order valence-corrected chi connectivity index (χ4v) is 6.62. The van der Waals surface area contributed by atoms with Gasteiger partial charge in [-0.1, -0.05) is 34.1 Å². The molecule has 15 heteroatoms. The maximum atomic E-state index is 14.2. The zero-order valence-corrected chi connectivity index (χ0v) is 28.1. The molecule has 0 aliphatic carbocycles. The van der Waals surface area contributed by atoms with Gasteiger partial charge >= 0.3 is 0 Å². The van der Waals surface area contributed by atoms with Gasteiger partial charge in [-0.3, -0.25) is 43.8 Å². The van der Waals surface area contributed by atoms with Crippen molar-refractivity contribution in [3.8, 4) is 0 Å². The van der Waals surface area contributed by atoms with Gasteiger partial charge in [0.2, 0.25) is 17.7 Å². The summed E-state index contributed by atoms with van der Waals surface area (Å²) in [6.45, 7) is 10.7. The van der Waals surface area contributed by atoms with Crippen molar-refractivity contribution >= 4 is 35.4 Å². The van der Waals surface area contributed by atoms with Gasteiger partial charge < -0.3 is 15.5 Å². The van der Waals surface area contributed by atoms with Gasteiger partial charge in [-0.15, -0.1) is 0 Å². The van der Waals surface area contributed by atoms with E-state index in [0.717, 1.165) is 0 Å². The summed E-state index contributed by atoms with van der Waals surface area (Å²) in [7, 11) is 1.53. The van der Waals surface area contributed by atoms with Crippen molar-refractivity contribution in [2.24, 2.45) is 11.8 Å². The summed E-state index contributed by atoms with van der Waals surface area (Å²) in [6, 6.07) is -5.61. The van der Waals surface area contributed by atoms with Crippen molar-refractivity contribution in [3.63, 3.8) is 0 Å². The minimum absolute atomic E-state index is 0.0318. The molecule has 5 N–H and O–H groups in total. The van der Waals surface area contributed by atoms with Gasteiger partial charge in [0.25, 0.3) is 17.7 Å². The van der Waals surface area contributed by atoms with E-state index in [0.29, 0.717) is 71.0 Å². The highest BCUT2D eigenvalue weighted by Gasteiger charge is 2.46. The number of hydrogen-bond donors (Lipinski definition) is 5. The van der Waals surface area contributed by atoms with Crippen LogP contribution in [0, 0.1) is 11.8 Å². The predicted octanol–water partition coefficient (Wildman–Crippen LogP) is -0.604. The van der Waals surface area contributed by atoms with Crippen molar-refractivity contribution in [1.82, 2.24) is 46.8 Å². The molecule has 0 bridgehead atoms. The summed E-state index contributed by atoms with van der Waals surface area (Å²) in [6.07, 6.45) is 3.91. The highest BCUT2D eigenvalue weighted by molar-refractivity contribution is 5.98. The molecule has 0 aromatic rings. The molecule has 4 aliphatic heterocycles. The van der Waals surface area contributed by atoms with Crippen LogP contribution in [0.25, 0.3) is 0 Å². The van der Waals surface area contributed by atoms with Gasteiger partial charge in [-0.2, -0.15) is 0 Å². The topological polar surface area (TPSA) is 176 Å². The number of hydrazine groups is 3. The van der Waals surface area contributed by atoms with Crippen LogP contribution in [0.2, 0.25) is 0 Å². The van der Waals surface area contributed by atoms with Gasteiger partial charge in [0.15, 0.2) is 0 Å². The molecule has 0 radical (unpaired) electrons. The van der Waals surface area contributed by atoms with Gasteiger partial charge in [0, 0.05) is 26.7 Å². The van der Waals surface area contributed by atoms with Crippen LogP contribution in [0.5, 0.6) is 0 Å². The third kappa shape index (κ3) is 7.63. The van der Waals surface area contributed by atoms with Crippen LogP contribution < -0.4 is 26.9 Å². The lowest BCUT2D eigenvalue weighted by atomic mass is 9.95. The number of carbonyl (C=O) groups is 6. The molecule has 4 saturated heterocycles. The molecule has 258 valence electrons. The number of rotatable bonds is 4. The molecule has 4 aliphatic rings. The summed E-state index contributed by atoms with van der Waals surface area (Å²) in [5.41, 5.74) is 9.21. The first-order valence-electron chi connectivity index (χ1n) is 16.9. The Kier molecular flexibility index (Phi) is 12.0. The molecule has 46 heavy (non-hydrogen) atoms. The lowest BCUT2D eigenvalue weighted by Crippen LogP contribution is -2.69. The van der Waals surface area contributed by atoms with Crippen LogP contribution in [-0.2, 0) is 28.8 Å². The van der Waals surface area contributed by atoms with E-state index < -0.39 is 71.7 Å². The summed E-state index contributed by atoms with van der Waals surface area (Å²) in [5, 5.41) is 9.72. The van der Waals surface area contributed by atoms with Crippen molar-refractivity contribution in [1.29, 1.82) is 0 Å². The van der Waals surface area contributed by atoms with Crippen LogP contribution in [-0.4, -0.2) is 118 Å². The molecule has 4 fully saturated rings. The molecule has 0 unspecified atom stereocenters. The minimum atomic E-state index is -0.975. The summed E-state index contributed by atoms with van der Waals surface area (Å²) < 4.78 is 0. The normalized spacial score (nSPS) is 31.8. The molecule has 15 nitrogen and oxygen atoms in total. The van der Waals surface area contributed by atoms with Crippen LogP contribution in [0.4, 0.5) is 0 Å². The molecule has 7 atom stereocenters. The maximum Gasteiger partial charge on any atom is 0.261 e. The average molecular weight is 648 g/mol. The van der Waals surface area contributed by atoms with E-state index in [-0.39, 0.29) is 11.8 Å². The molecule has 0 aromatic heterocycles. The number of hydrogen-bond acceptors (Lipinski definition) is 9. The van der Waals surface area contributed by atoms with Crippen LogP contribution in [0.1, 0.15) is 86.0 Å². The van der Waals surface area contributed by atoms with E-state index in [4.69, 9.17) is 0 Å². The first kappa shape index (κ1) is 35.6. The lowest BCUT2D eigenvalue weighted by molar-refractivity contribution is -0.164. The summed E-state index contributed by atoms with van der Waals surface area (Å²) in [5.74, 6) is -2.99. The third-order valence-electron chi connectivity index (χ3n) is 9.73. The van der Waals surface area contributed by atoms with E-state index in [1.54, 1.807) is 6.92 Å². The average Bonchev–Trinajstić information content (AvgIpc) is 3.07. The second kappa shape index (κ2) is 15.5. The van der Waals surface area contributed by atoms with Gasteiger partial charge in [-0.05, 0) is 63.7 Å². The Bertz CT molecular complexity index is 1170. The van der Waals surface area contributed by atoms with Crippen molar-refractivity contribution in [2.45, 2.75) is 122 Å². The number of amides is 6. The molecule has 4 rings (SSSR count). The largest absolute Gasteiger partial charge is 0.342 e. The first-order chi connectivity index (χ1) is 21.9. The van der Waals surface area contributed by atoms with Gasteiger partial charge in [0.1, 0.15) is 36.3 Å². The summed E-state index contributed by atoms with van der Waals surface area (Å²) >= 11 is 0. The second-order valence-electron chi connectivity index (χ2n) is 13.5. The zero-order valence-electron chi connectivity index (χ0n) is 28.1. The third-order valence-corrected chi connectivity index (χ3v) is 9.73. The Morgan fingerprint density at radius 3 is 1.72 bits per heavy atom. The van der Waals surface area contributed by atoms with Crippen LogP contribution in [0.3, 0.4) is 0 Å². The van der Waals surface area contributed by atoms with E-state index >= 15 is 0 Å². The SMILES string of the molecule is CC[C@H](C)[C@H]1NC(=O)[C@H](CC(C)C)NC(=O)[C@@H]2CCCNN2C(=O)[C@H](C)N(C)C(=O)[C@@H]2CCCNN2C(=O)[C@@H]2CCCNN2C1=O.